The molecule has 0 saturated heterocycles. The number of carbonyl (C=O) groups is 1. The molecule has 0 N–H and O–H groups in total. The van der Waals surface area contributed by atoms with Crippen molar-refractivity contribution in [1.29, 1.82) is 0 Å². The number of pyridine rings is 2. The summed E-state index contributed by atoms with van der Waals surface area (Å²) in [6, 6.07) is 2.95. The minimum atomic E-state index is -1.32. The summed E-state index contributed by atoms with van der Waals surface area (Å²) in [6.45, 7) is 7.11. The summed E-state index contributed by atoms with van der Waals surface area (Å²) in [5.74, 6) is -3.34. The Morgan fingerprint density at radius 2 is 1.93 bits per heavy atom. The first-order valence-electron chi connectivity index (χ1n) is 9.60. The van der Waals surface area contributed by atoms with Crippen LogP contribution >= 0.6 is 0 Å². The van der Waals surface area contributed by atoms with Crippen LogP contribution in [0.15, 0.2) is 23.1 Å². The Hall–Kier alpha value is -3.29. The molecule has 8 heteroatoms. The van der Waals surface area contributed by atoms with Gasteiger partial charge in [0.05, 0.1) is 29.1 Å². The molecule has 0 amide bonds. The van der Waals surface area contributed by atoms with E-state index in [1.807, 2.05) is 0 Å². The fraction of sp³-hybridized carbons (Fsp3) is 0.318. The molecular weight excluding hydrogens is 394 g/mol. The van der Waals surface area contributed by atoms with Gasteiger partial charge in [-0.05, 0) is 45.4 Å². The van der Waals surface area contributed by atoms with Gasteiger partial charge in [-0.3, -0.25) is 9.78 Å². The molecule has 1 aliphatic rings. The maximum absolute atomic E-state index is 15.3. The number of carbonyl (C=O) groups excluding carboxylic acids is 1. The van der Waals surface area contributed by atoms with Gasteiger partial charge < -0.3 is 14.0 Å². The largest absolute Gasteiger partial charge is 0.488 e. The maximum Gasteiger partial charge on any atom is 0.343 e. The maximum atomic E-state index is 15.3. The minimum Gasteiger partial charge on any atom is -0.488 e. The van der Waals surface area contributed by atoms with Crippen LogP contribution in [0.5, 0.6) is 5.75 Å². The molecule has 0 saturated carbocycles. The van der Waals surface area contributed by atoms with Crippen LogP contribution in [0.2, 0.25) is 0 Å². The van der Waals surface area contributed by atoms with Gasteiger partial charge in [-0.15, -0.1) is 0 Å². The summed E-state index contributed by atoms with van der Waals surface area (Å²) in [7, 11) is 0. The molecule has 0 aliphatic carbocycles. The molecule has 1 aliphatic heterocycles. The zero-order valence-electron chi connectivity index (χ0n) is 17.0. The number of nitrogens with zero attached hydrogens (tertiary/aromatic N) is 2. The van der Waals surface area contributed by atoms with E-state index in [-0.39, 0.29) is 41.6 Å². The van der Waals surface area contributed by atoms with Crippen LogP contribution < -0.4 is 10.2 Å². The van der Waals surface area contributed by atoms with Gasteiger partial charge in [-0.25, -0.2) is 13.6 Å². The van der Waals surface area contributed by atoms with E-state index in [9.17, 15) is 9.59 Å². The van der Waals surface area contributed by atoms with Crippen LogP contribution in [-0.2, 0) is 4.74 Å². The van der Waals surface area contributed by atoms with Crippen LogP contribution in [0.3, 0.4) is 0 Å². The molecule has 3 heterocycles. The Kier molecular flexibility index (Phi) is 4.80. The Bertz CT molecular complexity index is 1250. The van der Waals surface area contributed by atoms with E-state index in [2.05, 4.69) is 4.98 Å². The lowest BCUT2D eigenvalue weighted by Crippen LogP contribution is -2.28. The highest BCUT2D eigenvalue weighted by molar-refractivity contribution is 5.99. The van der Waals surface area contributed by atoms with Crippen molar-refractivity contribution in [2.75, 3.05) is 13.2 Å². The number of aromatic nitrogens is 2. The third-order valence-electron chi connectivity index (χ3n) is 5.12. The summed E-state index contributed by atoms with van der Waals surface area (Å²) < 4.78 is 42.9. The monoisotopic (exact) mass is 414 g/mol. The molecule has 6 nitrogen and oxygen atoms in total. The van der Waals surface area contributed by atoms with Crippen molar-refractivity contribution < 1.29 is 23.0 Å². The van der Waals surface area contributed by atoms with Crippen molar-refractivity contribution in [2.24, 2.45) is 0 Å². The Morgan fingerprint density at radius 1 is 1.27 bits per heavy atom. The molecule has 0 radical (unpaired) electrons. The summed E-state index contributed by atoms with van der Waals surface area (Å²) in [4.78, 5) is 29.5. The lowest BCUT2D eigenvalue weighted by molar-refractivity contribution is 0.0523. The second kappa shape index (κ2) is 7.19. The first-order chi connectivity index (χ1) is 14.2. The number of aryl methyl sites for hydroxylation is 2. The number of hydrogen-bond donors (Lipinski definition) is 0. The molecule has 2 aromatic heterocycles. The van der Waals surface area contributed by atoms with Crippen LogP contribution in [0, 0.1) is 25.5 Å². The van der Waals surface area contributed by atoms with Gasteiger partial charge in [0.2, 0.25) is 5.43 Å². The zero-order chi connectivity index (χ0) is 21.7. The van der Waals surface area contributed by atoms with E-state index in [0.717, 1.165) is 0 Å². The SMILES string of the molecule is CCOC(=O)c1cn2c3c(c(-c4cc(C)nc(C)c4)c(F)c(F)c3c1=O)OC[C@@H]2C. The van der Waals surface area contributed by atoms with Gasteiger partial charge in [0.25, 0.3) is 0 Å². The molecule has 0 fully saturated rings. The van der Waals surface area contributed by atoms with Crippen LogP contribution in [0.4, 0.5) is 8.78 Å². The van der Waals surface area contributed by atoms with Crippen molar-refractivity contribution in [2.45, 2.75) is 33.7 Å². The molecule has 0 spiro atoms. The van der Waals surface area contributed by atoms with Crippen molar-refractivity contribution in [3.8, 4) is 16.9 Å². The van der Waals surface area contributed by atoms with Gasteiger partial charge in [0.1, 0.15) is 12.2 Å². The first-order valence-corrected chi connectivity index (χ1v) is 9.60. The quantitative estimate of drug-likeness (QED) is 0.604. The van der Waals surface area contributed by atoms with Crippen molar-refractivity contribution in [1.82, 2.24) is 9.55 Å². The lowest BCUT2D eigenvalue weighted by Gasteiger charge is -2.29. The third-order valence-corrected chi connectivity index (χ3v) is 5.12. The number of rotatable bonds is 3. The summed E-state index contributed by atoms with van der Waals surface area (Å²) >= 11 is 0. The minimum absolute atomic E-state index is 0.0523. The van der Waals surface area contributed by atoms with Crippen molar-refractivity contribution >= 4 is 16.9 Å². The zero-order valence-corrected chi connectivity index (χ0v) is 17.0. The molecule has 4 rings (SSSR count). The Morgan fingerprint density at radius 3 is 2.57 bits per heavy atom. The summed E-state index contributed by atoms with van der Waals surface area (Å²) in [6.07, 6.45) is 1.34. The standard InChI is InChI=1S/C22H20F2N2O4/c1-5-29-22(28)14-8-26-12(4)9-30-21-15(13-6-10(2)25-11(3)7-13)17(23)18(24)16(19(21)26)20(14)27/h6-8,12H,5,9H2,1-4H3/t12-/m0/s1. The molecule has 3 aromatic rings. The predicted molar refractivity (Wildman–Crippen MR) is 107 cm³/mol. The van der Waals surface area contributed by atoms with E-state index < -0.39 is 28.4 Å². The van der Waals surface area contributed by atoms with Crippen molar-refractivity contribution in [3.63, 3.8) is 0 Å². The van der Waals surface area contributed by atoms with E-state index in [0.29, 0.717) is 17.0 Å². The molecule has 1 aromatic carbocycles. The highest BCUT2D eigenvalue weighted by atomic mass is 19.2. The Labute approximate surface area is 171 Å². The van der Waals surface area contributed by atoms with Gasteiger partial charge >= 0.3 is 5.97 Å². The van der Waals surface area contributed by atoms with E-state index in [1.54, 1.807) is 44.4 Å². The number of hydrogen-bond acceptors (Lipinski definition) is 5. The van der Waals surface area contributed by atoms with Crippen LogP contribution in [0.1, 0.15) is 41.6 Å². The summed E-state index contributed by atoms with van der Waals surface area (Å²) in [5, 5.41) is -0.522. The van der Waals surface area contributed by atoms with Gasteiger partial charge in [-0.2, -0.15) is 0 Å². The normalized spacial score (nSPS) is 15.2. The fourth-order valence-electron chi connectivity index (χ4n) is 3.87. The predicted octanol–water partition coefficient (Wildman–Crippen LogP) is 4.09. The second-order valence-corrected chi connectivity index (χ2v) is 7.35. The molecule has 0 bridgehead atoms. The number of benzene rings is 1. The van der Waals surface area contributed by atoms with Gasteiger partial charge in [0, 0.05) is 17.6 Å². The molecule has 30 heavy (non-hydrogen) atoms. The topological polar surface area (TPSA) is 70.4 Å². The fourth-order valence-corrected chi connectivity index (χ4v) is 3.87. The highest BCUT2D eigenvalue weighted by Gasteiger charge is 2.32. The average molecular weight is 414 g/mol. The molecule has 1 atom stereocenters. The second-order valence-electron chi connectivity index (χ2n) is 7.35. The van der Waals surface area contributed by atoms with E-state index in [4.69, 9.17) is 9.47 Å². The molecule has 0 unspecified atom stereocenters. The average Bonchev–Trinajstić information content (AvgIpc) is 2.67. The lowest BCUT2D eigenvalue weighted by atomic mass is 9.97. The molecular formula is C22H20F2N2O4. The van der Waals surface area contributed by atoms with Gasteiger partial charge in [0.15, 0.2) is 17.4 Å². The first kappa shape index (κ1) is 20.0. The Balaban J connectivity index is 2.15. The van der Waals surface area contributed by atoms with E-state index in [1.165, 1.54) is 6.20 Å². The third kappa shape index (κ3) is 2.94. The van der Waals surface area contributed by atoms with E-state index >= 15 is 8.78 Å². The number of ether oxygens (including phenoxy) is 2. The van der Waals surface area contributed by atoms with Gasteiger partial charge in [-0.1, -0.05) is 0 Å². The van der Waals surface area contributed by atoms with Crippen LogP contribution in [0.25, 0.3) is 22.0 Å². The number of esters is 1. The molecule has 156 valence electrons. The van der Waals surface area contributed by atoms with Crippen LogP contribution in [-0.4, -0.2) is 28.7 Å². The smallest absolute Gasteiger partial charge is 0.343 e. The number of halogens is 2. The van der Waals surface area contributed by atoms with Crippen molar-refractivity contribution in [3.05, 3.63) is 57.1 Å². The summed E-state index contributed by atoms with van der Waals surface area (Å²) in [5.41, 5.74) is 0.448. The highest BCUT2D eigenvalue weighted by Crippen LogP contribution is 2.43.